The van der Waals surface area contributed by atoms with Crippen LogP contribution in [0.1, 0.15) is 5.56 Å². The number of benzene rings is 2. The molecule has 0 spiro atoms. The van der Waals surface area contributed by atoms with Crippen LogP contribution in [0, 0.1) is 5.82 Å². The number of rotatable bonds is 4. The van der Waals surface area contributed by atoms with Crippen molar-refractivity contribution in [3.05, 3.63) is 59.9 Å². The molecule has 0 saturated carbocycles. The lowest BCUT2D eigenvalue weighted by Gasteiger charge is -2.34. The van der Waals surface area contributed by atoms with E-state index in [0.717, 1.165) is 37.4 Å². The van der Waals surface area contributed by atoms with Crippen LogP contribution < -0.4 is 9.64 Å². The first-order valence-corrected chi connectivity index (χ1v) is 7.62. The van der Waals surface area contributed by atoms with Crippen LogP contribution in [0.4, 0.5) is 10.1 Å². The predicted octanol–water partition coefficient (Wildman–Crippen LogP) is 3.16. The van der Waals surface area contributed by atoms with Gasteiger partial charge in [0, 0.05) is 37.9 Å². The second kappa shape index (κ2) is 6.79. The number of hydrogen-bond acceptors (Lipinski definition) is 3. The third kappa shape index (κ3) is 3.57. The van der Waals surface area contributed by atoms with Crippen LogP contribution in [0.5, 0.6) is 5.75 Å². The summed E-state index contributed by atoms with van der Waals surface area (Å²) < 4.78 is 19.8. The number of anilines is 1. The molecule has 0 N–H and O–H groups in total. The first kappa shape index (κ1) is 14.9. The number of nitrogens with zero attached hydrogens (tertiary/aromatic N) is 2. The Morgan fingerprint density at radius 3 is 2.41 bits per heavy atom. The molecule has 1 aliphatic heterocycles. The molecule has 0 bridgehead atoms. The van der Waals surface area contributed by atoms with Crippen molar-refractivity contribution < 1.29 is 9.13 Å². The van der Waals surface area contributed by atoms with Gasteiger partial charge in [-0.2, -0.15) is 0 Å². The minimum Gasteiger partial charge on any atom is -0.486 e. The fourth-order valence-corrected chi connectivity index (χ4v) is 2.60. The van der Waals surface area contributed by atoms with Crippen molar-refractivity contribution in [1.29, 1.82) is 0 Å². The molecule has 0 radical (unpaired) electrons. The van der Waals surface area contributed by atoms with Crippen molar-refractivity contribution in [2.24, 2.45) is 0 Å². The highest BCUT2D eigenvalue weighted by Crippen LogP contribution is 2.25. The normalized spacial score (nSPS) is 15.8. The van der Waals surface area contributed by atoms with Crippen LogP contribution in [-0.2, 0) is 6.61 Å². The van der Waals surface area contributed by atoms with Gasteiger partial charge in [0.1, 0.15) is 6.61 Å². The number of piperazine rings is 1. The summed E-state index contributed by atoms with van der Waals surface area (Å²) in [6.07, 6.45) is 0. The molecular formula is C18H21FN2O. The molecule has 0 unspecified atom stereocenters. The van der Waals surface area contributed by atoms with Crippen molar-refractivity contribution in [3.63, 3.8) is 0 Å². The topological polar surface area (TPSA) is 15.7 Å². The summed E-state index contributed by atoms with van der Waals surface area (Å²) in [6.45, 7) is 4.26. The van der Waals surface area contributed by atoms with E-state index in [4.69, 9.17) is 4.74 Å². The summed E-state index contributed by atoms with van der Waals surface area (Å²) in [6, 6.07) is 15.0. The van der Waals surface area contributed by atoms with E-state index in [1.807, 2.05) is 36.4 Å². The Balaban J connectivity index is 1.64. The Labute approximate surface area is 130 Å². The molecule has 4 heteroatoms. The average Bonchev–Trinajstić information content (AvgIpc) is 2.55. The first-order valence-electron chi connectivity index (χ1n) is 7.62. The van der Waals surface area contributed by atoms with Crippen molar-refractivity contribution in [1.82, 2.24) is 4.90 Å². The lowest BCUT2D eigenvalue weighted by Crippen LogP contribution is -2.44. The summed E-state index contributed by atoms with van der Waals surface area (Å²) >= 11 is 0. The molecule has 0 atom stereocenters. The zero-order chi connectivity index (χ0) is 15.4. The average molecular weight is 300 g/mol. The molecule has 1 heterocycles. The second-order valence-electron chi connectivity index (χ2n) is 5.68. The molecule has 3 rings (SSSR count). The van der Waals surface area contributed by atoms with Gasteiger partial charge in [-0.05, 0) is 24.7 Å². The lowest BCUT2D eigenvalue weighted by molar-refractivity contribution is 0.290. The van der Waals surface area contributed by atoms with E-state index in [1.165, 1.54) is 0 Å². The minimum absolute atomic E-state index is 0.299. The van der Waals surface area contributed by atoms with E-state index < -0.39 is 0 Å². The van der Waals surface area contributed by atoms with Gasteiger partial charge in [0.15, 0.2) is 11.6 Å². The quantitative estimate of drug-likeness (QED) is 0.862. The van der Waals surface area contributed by atoms with Crippen LogP contribution in [-0.4, -0.2) is 38.1 Å². The van der Waals surface area contributed by atoms with E-state index in [9.17, 15) is 4.39 Å². The molecule has 0 aliphatic carbocycles. The Bertz CT molecular complexity index is 610. The summed E-state index contributed by atoms with van der Waals surface area (Å²) in [5, 5.41) is 0. The van der Waals surface area contributed by atoms with Crippen molar-refractivity contribution in [2.45, 2.75) is 6.61 Å². The van der Waals surface area contributed by atoms with Gasteiger partial charge in [-0.25, -0.2) is 4.39 Å². The summed E-state index contributed by atoms with van der Waals surface area (Å²) in [4.78, 5) is 4.49. The molecule has 0 aromatic heterocycles. The van der Waals surface area contributed by atoms with Gasteiger partial charge in [-0.1, -0.05) is 30.3 Å². The van der Waals surface area contributed by atoms with E-state index in [1.54, 1.807) is 12.1 Å². The molecule has 1 fully saturated rings. The molecule has 116 valence electrons. The van der Waals surface area contributed by atoms with E-state index in [0.29, 0.717) is 12.4 Å². The summed E-state index contributed by atoms with van der Waals surface area (Å²) in [5.41, 5.74) is 1.96. The number of ether oxygens (including phenoxy) is 1. The Morgan fingerprint density at radius 1 is 1.00 bits per heavy atom. The second-order valence-corrected chi connectivity index (χ2v) is 5.68. The maximum atomic E-state index is 14.2. The molecule has 22 heavy (non-hydrogen) atoms. The maximum Gasteiger partial charge on any atom is 0.167 e. The fraction of sp³-hybridized carbons (Fsp3) is 0.333. The number of hydrogen-bond donors (Lipinski definition) is 0. The predicted molar refractivity (Wildman–Crippen MR) is 86.9 cm³/mol. The Kier molecular flexibility index (Phi) is 4.59. The Morgan fingerprint density at radius 2 is 1.73 bits per heavy atom. The fourth-order valence-electron chi connectivity index (χ4n) is 2.60. The van der Waals surface area contributed by atoms with E-state index in [-0.39, 0.29) is 5.82 Å². The molecule has 3 nitrogen and oxygen atoms in total. The minimum atomic E-state index is -0.299. The Hall–Kier alpha value is -2.07. The number of halogens is 1. The highest BCUT2D eigenvalue weighted by Gasteiger charge is 2.15. The molecule has 2 aromatic carbocycles. The molecule has 0 amide bonds. The number of likely N-dealkylation sites (N-methyl/N-ethyl adjacent to an activating group) is 1. The SMILES string of the molecule is CN1CCN(c2ccc(OCc3ccccc3)c(F)c2)CC1. The van der Waals surface area contributed by atoms with Gasteiger partial charge in [0.2, 0.25) is 0 Å². The van der Waals surface area contributed by atoms with Gasteiger partial charge in [0.25, 0.3) is 0 Å². The van der Waals surface area contributed by atoms with Crippen LogP contribution in [0.15, 0.2) is 48.5 Å². The van der Waals surface area contributed by atoms with Crippen LogP contribution in [0.3, 0.4) is 0 Å². The standard InChI is InChI=1S/C18H21FN2O/c1-20-9-11-21(12-10-20)16-7-8-18(17(19)13-16)22-14-15-5-3-2-4-6-15/h2-8,13H,9-12,14H2,1H3. The van der Waals surface area contributed by atoms with Gasteiger partial charge < -0.3 is 14.5 Å². The maximum absolute atomic E-state index is 14.2. The van der Waals surface area contributed by atoms with Crippen molar-refractivity contribution in [2.75, 3.05) is 38.1 Å². The molecular weight excluding hydrogens is 279 g/mol. The zero-order valence-corrected chi connectivity index (χ0v) is 12.8. The summed E-state index contributed by atoms with van der Waals surface area (Å²) in [7, 11) is 2.11. The largest absolute Gasteiger partial charge is 0.486 e. The molecule has 2 aromatic rings. The smallest absolute Gasteiger partial charge is 0.167 e. The third-order valence-corrected chi connectivity index (χ3v) is 4.02. The van der Waals surface area contributed by atoms with Gasteiger partial charge in [0.05, 0.1) is 0 Å². The van der Waals surface area contributed by atoms with Gasteiger partial charge in [-0.3, -0.25) is 0 Å². The molecule has 1 saturated heterocycles. The van der Waals surface area contributed by atoms with Crippen molar-refractivity contribution in [3.8, 4) is 5.75 Å². The van der Waals surface area contributed by atoms with Crippen LogP contribution in [0.2, 0.25) is 0 Å². The van der Waals surface area contributed by atoms with Gasteiger partial charge in [-0.15, -0.1) is 0 Å². The monoisotopic (exact) mass is 300 g/mol. The molecule has 1 aliphatic rings. The van der Waals surface area contributed by atoms with E-state index in [2.05, 4.69) is 16.8 Å². The zero-order valence-electron chi connectivity index (χ0n) is 12.8. The van der Waals surface area contributed by atoms with Crippen molar-refractivity contribution >= 4 is 5.69 Å². The van der Waals surface area contributed by atoms with Gasteiger partial charge >= 0.3 is 0 Å². The van der Waals surface area contributed by atoms with Crippen LogP contribution >= 0.6 is 0 Å². The lowest BCUT2D eigenvalue weighted by atomic mass is 10.2. The first-order chi connectivity index (χ1) is 10.7. The van der Waals surface area contributed by atoms with E-state index >= 15 is 0 Å². The highest BCUT2D eigenvalue weighted by atomic mass is 19.1. The summed E-state index contributed by atoms with van der Waals surface area (Å²) in [5.74, 6) is 0.00842. The highest BCUT2D eigenvalue weighted by molar-refractivity contribution is 5.50. The third-order valence-electron chi connectivity index (χ3n) is 4.02. The van der Waals surface area contributed by atoms with Crippen LogP contribution in [0.25, 0.3) is 0 Å².